The predicted octanol–water partition coefficient (Wildman–Crippen LogP) is 1.41. The molecule has 92 valence electrons. The van der Waals surface area contributed by atoms with Crippen molar-refractivity contribution in [2.75, 3.05) is 5.73 Å². The van der Waals surface area contributed by atoms with E-state index in [1.807, 2.05) is 27.7 Å². The molecule has 2 heterocycles. The number of hydrogen-bond donors (Lipinski definition) is 2. The largest absolute Gasteiger partial charge is 0.382 e. The van der Waals surface area contributed by atoms with Crippen LogP contribution in [-0.4, -0.2) is 20.0 Å². The molecule has 0 aliphatic rings. The van der Waals surface area contributed by atoms with Crippen LogP contribution in [0.3, 0.4) is 0 Å². The van der Waals surface area contributed by atoms with Crippen molar-refractivity contribution in [2.24, 2.45) is 0 Å². The number of fused-ring (bicyclic) bond motifs is 1. The van der Waals surface area contributed by atoms with E-state index in [1.54, 1.807) is 4.68 Å². The van der Waals surface area contributed by atoms with Gasteiger partial charge in [0.25, 0.3) is 5.56 Å². The van der Waals surface area contributed by atoms with E-state index in [2.05, 4.69) is 15.3 Å². The summed E-state index contributed by atoms with van der Waals surface area (Å²) in [5.41, 5.74) is 6.93. The fourth-order valence-electron chi connectivity index (χ4n) is 1.92. The first kappa shape index (κ1) is 11.6. The maximum Gasteiger partial charge on any atom is 0.290 e. The molecule has 17 heavy (non-hydrogen) atoms. The van der Waals surface area contributed by atoms with Crippen LogP contribution in [0.1, 0.15) is 45.3 Å². The molecule has 2 aromatic rings. The topological polar surface area (TPSA) is 89.6 Å². The van der Waals surface area contributed by atoms with Gasteiger partial charge in [0, 0.05) is 6.04 Å². The summed E-state index contributed by atoms with van der Waals surface area (Å²) in [6.45, 7) is 8.00. The van der Waals surface area contributed by atoms with E-state index in [-0.39, 0.29) is 17.5 Å². The van der Waals surface area contributed by atoms with Gasteiger partial charge in [-0.25, -0.2) is 5.10 Å². The van der Waals surface area contributed by atoms with Gasteiger partial charge in [-0.3, -0.25) is 9.48 Å². The van der Waals surface area contributed by atoms with E-state index >= 15 is 0 Å². The molecule has 0 amide bonds. The smallest absolute Gasteiger partial charge is 0.290 e. The number of aromatic nitrogens is 4. The van der Waals surface area contributed by atoms with Crippen LogP contribution >= 0.6 is 0 Å². The lowest BCUT2D eigenvalue weighted by Gasteiger charge is -2.05. The Morgan fingerprint density at radius 1 is 1.29 bits per heavy atom. The van der Waals surface area contributed by atoms with Gasteiger partial charge >= 0.3 is 0 Å². The van der Waals surface area contributed by atoms with Crippen molar-refractivity contribution in [1.29, 1.82) is 0 Å². The van der Waals surface area contributed by atoms with Crippen molar-refractivity contribution in [3.05, 3.63) is 16.0 Å². The van der Waals surface area contributed by atoms with Gasteiger partial charge in [-0.1, -0.05) is 13.8 Å². The first-order chi connectivity index (χ1) is 7.93. The molecule has 0 radical (unpaired) electrons. The van der Waals surface area contributed by atoms with Crippen LogP contribution in [0.15, 0.2) is 4.79 Å². The lowest BCUT2D eigenvalue weighted by molar-refractivity contribution is 0.537. The number of nitrogens with two attached hydrogens (primary N) is 1. The highest BCUT2D eigenvalue weighted by molar-refractivity contribution is 5.90. The van der Waals surface area contributed by atoms with Crippen LogP contribution in [-0.2, 0) is 0 Å². The number of hydrogen-bond acceptors (Lipinski definition) is 4. The van der Waals surface area contributed by atoms with Crippen molar-refractivity contribution in [3.63, 3.8) is 0 Å². The molecule has 0 saturated carbocycles. The molecule has 0 spiro atoms. The van der Waals surface area contributed by atoms with Gasteiger partial charge in [0.15, 0.2) is 5.82 Å². The zero-order valence-electron chi connectivity index (χ0n) is 10.5. The Hall–Kier alpha value is -1.85. The highest BCUT2D eigenvalue weighted by Crippen LogP contribution is 2.27. The molecular formula is C11H17N5O. The van der Waals surface area contributed by atoms with Gasteiger partial charge in [-0.15, -0.1) is 0 Å². The quantitative estimate of drug-likeness (QED) is 0.823. The summed E-state index contributed by atoms with van der Waals surface area (Å²) >= 11 is 0. The third-order valence-corrected chi connectivity index (χ3v) is 2.72. The van der Waals surface area contributed by atoms with Gasteiger partial charge in [0.1, 0.15) is 5.52 Å². The Kier molecular flexibility index (Phi) is 2.65. The predicted molar refractivity (Wildman–Crippen MR) is 67.0 cm³/mol. The number of nitrogens with zero attached hydrogens (tertiary/aromatic N) is 3. The molecule has 0 fully saturated rings. The van der Waals surface area contributed by atoms with Crippen LogP contribution < -0.4 is 11.3 Å². The number of H-pyrrole nitrogens is 1. The molecule has 0 unspecified atom stereocenters. The Bertz CT molecular complexity index is 608. The van der Waals surface area contributed by atoms with Crippen molar-refractivity contribution >= 4 is 16.7 Å². The van der Waals surface area contributed by atoms with E-state index in [0.717, 1.165) is 5.69 Å². The highest BCUT2D eigenvalue weighted by atomic mass is 16.1. The third kappa shape index (κ3) is 1.69. The van der Waals surface area contributed by atoms with E-state index in [4.69, 9.17) is 5.73 Å². The van der Waals surface area contributed by atoms with Crippen molar-refractivity contribution in [3.8, 4) is 0 Å². The standard InChI is InChI=1S/C11H17N5O/c1-5(2)8-7-9(16(15-8)6(3)4)11(17)14-13-10(7)12/h5-6H,1-4H3,(H2,12,13)(H,14,17). The SMILES string of the molecule is CC(C)c1nn(C(C)C)c2c(=O)[nH]nc(N)c12. The summed E-state index contributed by atoms with van der Waals surface area (Å²) < 4.78 is 1.71. The van der Waals surface area contributed by atoms with Gasteiger partial charge in [-0.05, 0) is 19.8 Å². The Morgan fingerprint density at radius 3 is 2.47 bits per heavy atom. The van der Waals surface area contributed by atoms with Crippen LogP contribution in [0.5, 0.6) is 0 Å². The average Bonchev–Trinajstić information content (AvgIpc) is 2.64. The number of nitrogen functional groups attached to an aromatic ring is 1. The van der Waals surface area contributed by atoms with Crippen LogP contribution in [0.2, 0.25) is 0 Å². The molecule has 0 aromatic carbocycles. The van der Waals surface area contributed by atoms with Gasteiger partial charge in [0.2, 0.25) is 0 Å². The monoisotopic (exact) mass is 235 g/mol. The molecule has 0 aliphatic heterocycles. The number of aromatic amines is 1. The number of nitrogens with one attached hydrogen (secondary N) is 1. The van der Waals surface area contributed by atoms with Crippen LogP contribution in [0, 0.1) is 0 Å². The third-order valence-electron chi connectivity index (χ3n) is 2.72. The van der Waals surface area contributed by atoms with Crippen molar-refractivity contribution in [2.45, 2.75) is 39.7 Å². The summed E-state index contributed by atoms with van der Waals surface area (Å²) in [6.07, 6.45) is 0. The highest BCUT2D eigenvalue weighted by Gasteiger charge is 2.20. The molecule has 0 saturated heterocycles. The number of anilines is 1. The van der Waals surface area contributed by atoms with Gasteiger partial charge in [-0.2, -0.15) is 10.2 Å². The molecule has 2 rings (SSSR count). The summed E-state index contributed by atoms with van der Waals surface area (Å²) in [5.74, 6) is 0.526. The maximum absolute atomic E-state index is 11.9. The van der Waals surface area contributed by atoms with Crippen LogP contribution in [0.4, 0.5) is 5.82 Å². The molecule has 0 atom stereocenters. The van der Waals surface area contributed by atoms with E-state index in [0.29, 0.717) is 16.7 Å². The minimum atomic E-state index is -0.248. The van der Waals surface area contributed by atoms with Crippen molar-refractivity contribution in [1.82, 2.24) is 20.0 Å². The van der Waals surface area contributed by atoms with E-state index in [9.17, 15) is 4.79 Å². The fraction of sp³-hybridized carbons (Fsp3) is 0.545. The first-order valence-electron chi connectivity index (χ1n) is 5.69. The molecule has 6 heteroatoms. The second kappa shape index (κ2) is 3.87. The minimum Gasteiger partial charge on any atom is -0.382 e. The van der Waals surface area contributed by atoms with Crippen molar-refractivity contribution < 1.29 is 0 Å². The molecule has 0 aliphatic carbocycles. The molecule has 2 aromatic heterocycles. The minimum absolute atomic E-state index is 0.105. The van der Waals surface area contributed by atoms with E-state index in [1.165, 1.54) is 0 Å². The fourth-order valence-corrected chi connectivity index (χ4v) is 1.92. The zero-order chi connectivity index (χ0) is 12.7. The Labute approximate surface area is 98.8 Å². The molecular weight excluding hydrogens is 218 g/mol. The molecule has 3 N–H and O–H groups in total. The second-order valence-electron chi connectivity index (χ2n) is 4.74. The Balaban J connectivity index is 2.96. The molecule has 6 nitrogen and oxygen atoms in total. The lowest BCUT2D eigenvalue weighted by Crippen LogP contribution is -2.15. The number of rotatable bonds is 2. The van der Waals surface area contributed by atoms with Crippen LogP contribution in [0.25, 0.3) is 10.9 Å². The Morgan fingerprint density at radius 2 is 1.94 bits per heavy atom. The summed E-state index contributed by atoms with van der Waals surface area (Å²) in [4.78, 5) is 11.9. The normalized spacial score (nSPS) is 11.9. The van der Waals surface area contributed by atoms with Gasteiger partial charge < -0.3 is 5.73 Å². The lowest BCUT2D eigenvalue weighted by atomic mass is 10.1. The molecule has 0 bridgehead atoms. The average molecular weight is 235 g/mol. The van der Waals surface area contributed by atoms with Gasteiger partial charge in [0.05, 0.1) is 11.1 Å². The summed E-state index contributed by atoms with van der Waals surface area (Å²) in [5, 5.41) is 11.4. The second-order valence-corrected chi connectivity index (χ2v) is 4.74. The first-order valence-corrected chi connectivity index (χ1v) is 5.69. The zero-order valence-corrected chi connectivity index (χ0v) is 10.5. The maximum atomic E-state index is 11.9. The summed E-state index contributed by atoms with van der Waals surface area (Å²) in [7, 11) is 0. The van der Waals surface area contributed by atoms with E-state index < -0.39 is 0 Å². The summed E-state index contributed by atoms with van der Waals surface area (Å²) in [6, 6.07) is 0.105.